The number of anilines is 2. The summed E-state index contributed by atoms with van der Waals surface area (Å²) in [6.07, 6.45) is -4.52. The first-order chi connectivity index (χ1) is 11.8. The number of amides is 1. The van der Waals surface area contributed by atoms with Crippen molar-refractivity contribution in [3.63, 3.8) is 0 Å². The molecule has 3 rings (SSSR count). The second kappa shape index (κ2) is 6.48. The van der Waals surface area contributed by atoms with Gasteiger partial charge in [-0.2, -0.15) is 13.2 Å². The number of aromatic nitrogens is 3. The summed E-state index contributed by atoms with van der Waals surface area (Å²) in [6.45, 7) is 0. The molecule has 128 valence electrons. The smallest absolute Gasteiger partial charge is 0.398 e. The lowest BCUT2D eigenvalue weighted by Crippen LogP contribution is -2.13. The number of carbonyl (C=O) groups is 1. The average molecular weight is 365 g/mol. The van der Waals surface area contributed by atoms with E-state index in [1.54, 1.807) is 5.38 Å². The van der Waals surface area contributed by atoms with Crippen LogP contribution in [0.4, 0.5) is 24.7 Å². The Morgan fingerprint density at radius 1 is 1.16 bits per heavy atom. The van der Waals surface area contributed by atoms with E-state index in [0.29, 0.717) is 11.3 Å². The normalized spacial score (nSPS) is 11.3. The Bertz CT molecular complexity index is 895. The van der Waals surface area contributed by atoms with E-state index in [2.05, 4.69) is 20.5 Å². The minimum Gasteiger partial charge on any atom is -0.398 e. The largest absolute Gasteiger partial charge is 0.418 e. The first-order valence-electron chi connectivity index (χ1n) is 6.85. The summed E-state index contributed by atoms with van der Waals surface area (Å²) in [7, 11) is 0. The second-order valence-corrected chi connectivity index (χ2v) is 5.65. The highest BCUT2D eigenvalue weighted by atomic mass is 32.1. The van der Waals surface area contributed by atoms with Crippen LogP contribution in [0.1, 0.15) is 16.1 Å². The molecule has 0 atom stereocenters. The minimum absolute atomic E-state index is 0.196. The lowest BCUT2D eigenvalue weighted by Gasteiger charge is -2.11. The van der Waals surface area contributed by atoms with Crippen molar-refractivity contribution in [3.05, 3.63) is 52.5 Å². The van der Waals surface area contributed by atoms with Crippen LogP contribution in [0.2, 0.25) is 0 Å². The van der Waals surface area contributed by atoms with Crippen molar-refractivity contribution >= 4 is 28.7 Å². The lowest BCUT2D eigenvalue weighted by molar-refractivity contribution is -0.136. The molecular weight excluding hydrogens is 355 g/mol. The van der Waals surface area contributed by atoms with Gasteiger partial charge in [-0.25, -0.2) is 4.98 Å². The molecule has 3 N–H and O–H groups in total. The van der Waals surface area contributed by atoms with Gasteiger partial charge in [0.1, 0.15) is 5.69 Å². The number of nitrogens with two attached hydrogens (primary N) is 1. The third-order valence-corrected chi connectivity index (χ3v) is 3.81. The second-order valence-electron chi connectivity index (χ2n) is 4.93. The summed E-state index contributed by atoms with van der Waals surface area (Å²) >= 11 is 1.28. The third-order valence-electron chi connectivity index (χ3n) is 3.22. The van der Waals surface area contributed by atoms with E-state index in [4.69, 9.17) is 5.73 Å². The van der Waals surface area contributed by atoms with Crippen LogP contribution < -0.4 is 11.1 Å². The van der Waals surface area contributed by atoms with Crippen molar-refractivity contribution in [2.24, 2.45) is 0 Å². The van der Waals surface area contributed by atoms with Crippen LogP contribution in [-0.4, -0.2) is 21.1 Å². The van der Waals surface area contributed by atoms with Crippen LogP contribution in [0.3, 0.4) is 0 Å². The molecule has 0 aliphatic carbocycles. The first-order valence-corrected chi connectivity index (χ1v) is 7.79. The Morgan fingerprint density at radius 2 is 1.96 bits per heavy atom. The van der Waals surface area contributed by atoms with Crippen molar-refractivity contribution in [3.8, 4) is 11.3 Å². The van der Waals surface area contributed by atoms with Gasteiger partial charge in [0.2, 0.25) is 0 Å². The number of alkyl halides is 3. The molecule has 0 aliphatic rings. The number of nitrogens with zero attached hydrogens (tertiary/aromatic N) is 3. The highest BCUT2D eigenvalue weighted by molar-refractivity contribution is 7.07. The van der Waals surface area contributed by atoms with E-state index in [1.807, 2.05) is 0 Å². The van der Waals surface area contributed by atoms with Crippen molar-refractivity contribution in [1.29, 1.82) is 0 Å². The van der Waals surface area contributed by atoms with Gasteiger partial charge in [0.25, 0.3) is 5.91 Å². The van der Waals surface area contributed by atoms with Crippen molar-refractivity contribution in [2.45, 2.75) is 6.18 Å². The van der Waals surface area contributed by atoms with Gasteiger partial charge in [0, 0.05) is 16.6 Å². The molecule has 0 bridgehead atoms. The molecule has 0 saturated heterocycles. The molecule has 10 heteroatoms. The molecular formula is C15H10F3N5OS. The predicted octanol–water partition coefficient (Wildman–Crippen LogP) is 3.45. The summed E-state index contributed by atoms with van der Waals surface area (Å²) in [5.41, 5.74) is 6.65. The molecule has 0 saturated carbocycles. The van der Waals surface area contributed by atoms with Gasteiger partial charge >= 0.3 is 6.18 Å². The van der Waals surface area contributed by atoms with Crippen molar-refractivity contribution in [2.75, 3.05) is 11.1 Å². The molecule has 2 heterocycles. The molecule has 1 amide bonds. The maximum absolute atomic E-state index is 12.7. The summed E-state index contributed by atoms with van der Waals surface area (Å²) in [5.74, 6) is -0.233. The Labute approximate surface area is 143 Å². The van der Waals surface area contributed by atoms with Crippen molar-refractivity contribution < 1.29 is 18.0 Å². The van der Waals surface area contributed by atoms with Crippen LogP contribution in [0, 0.1) is 0 Å². The van der Waals surface area contributed by atoms with Crippen LogP contribution in [-0.2, 0) is 6.18 Å². The van der Waals surface area contributed by atoms with Gasteiger partial charge in [0.05, 0.1) is 16.8 Å². The van der Waals surface area contributed by atoms with E-state index >= 15 is 0 Å². The van der Waals surface area contributed by atoms with Crippen LogP contribution in [0.25, 0.3) is 11.3 Å². The minimum atomic E-state index is -4.52. The van der Waals surface area contributed by atoms with Gasteiger partial charge < -0.3 is 11.1 Å². The van der Waals surface area contributed by atoms with Gasteiger partial charge in [-0.3, -0.25) is 4.79 Å². The number of halogens is 3. The number of nitrogens with one attached hydrogen (secondary N) is 1. The fourth-order valence-corrected chi connectivity index (χ4v) is 2.57. The van der Waals surface area contributed by atoms with E-state index in [0.717, 1.165) is 6.07 Å². The topological polar surface area (TPSA) is 93.8 Å². The molecule has 0 radical (unpaired) electrons. The molecule has 1 aromatic carbocycles. The van der Waals surface area contributed by atoms with E-state index in [1.165, 1.54) is 41.1 Å². The highest BCUT2D eigenvalue weighted by Gasteiger charge is 2.32. The Hall–Kier alpha value is -3.01. The maximum Gasteiger partial charge on any atom is 0.418 e. The number of hydrogen-bond acceptors (Lipinski definition) is 6. The Morgan fingerprint density at radius 3 is 2.52 bits per heavy atom. The zero-order valence-corrected chi connectivity index (χ0v) is 13.2. The maximum atomic E-state index is 12.7. The van der Waals surface area contributed by atoms with E-state index in [-0.39, 0.29) is 11.5 Å². The number of benzene rings is 1. The summed E-state index contributed by atoms with van der Waals surface area (Å²) in [4.78, 5) is 15.7. The zero-order valence-electron chi connectivity index (χ0n) is 12.4. The van der Waals surface area contributed by atoms with Crippen LogP contribution >= 0.6 is 11.3 Å². The number of carbonyl (C=O) groups excluding carboxylic acids is 1. The number of rotatable bonds is 3. The molecule has 0 unspecified atom stereocenters. The van der Waals surface area contributed by atoms with Crippen molar-refractivity contribution in [1.82, 2.24) is 15.2 Å². The monoisotopic (exact) mass is 365 g/mol. The quantitative estimate of drug-likeness (QED) is 0.694. The number of thiazole rings is 1. The SMILES string of the molecule is Nc1cc(-c2ccc(NC(=O)c3cscn3)nn2)ccc1C(F)(F)F. The summed E-state index contributed by atoms with van der Waals surface area (Å²) in [6, 6.07) is 6.34. The van der Waals surface area contributed by atoms with Crippen LogP contribution in [0.15, 0.2) is 41.2 Å². The number of hydrogen-bond donors (Lipinski definition) is 2. The van der Waals surface area contributed by atoms with Gasteiger partial charge in [-0.05, 0) is 24.3 Å². The zero-order chi connectivity index (χ0) is 18.0. The number of nitrogen functional groups attached to an aromatic ring is 1. The van der Waals surface area contributed by atoms with E-state index < -0.39 is 23.3 Å². The van der Waals surface area contributed by atoms with E-state index in [9.17, 15) is 18.0 Å². The lowest BCUT2D eigenvalue weighted by atomic mass is 10.1. The fraction of sp³-hybridized carbons (Fsp3) is 0.0667. The Kier molecular flexibility index (Phi) is 4.36. The van der Waals surface area contributed by atoms with Gasteiger partial charge in [-0.15, -0.1) is 21.5 Å². The van der Waals surface area contributed by atoms with Crippen LogP contribution in [0.5, 0.6) is 0 Å². The Balaban J connectivity index is 1.78. The molecule has 25 heavy (non-hydrogen) atoms. The molecule has 3 aromatic rings. The fourth-order valence-electron chi connectivity index (χ4n) is 2.04. The molecule has 2 aromatic heterocycles. The predicted molar refractivity (Wildman–Crippen MR) is 86.9 cm³/mol. The van der Waals surface area contributed by atoms with Gasteiger partial charge in [-0.1, -0.05) is 6.07 Å². The average Bonchev–Trinajstić information content (AvgIpc) is 3.09. The molecule has 0 fully saturated rings. The summed E-state index contributed by atoms with van der Waals surface area (Å²) < 4.78 is 38.2. The first kappa shape index (κ1) is 16.8. The molecule has 0 spiro atoms. The third kappa shape index (κ3) is 3.74. The summed E-state index contributed by atoms with van der Waals surface area (Å²) in [5, 5.41) is 11.8. The molecule has 0 aliphatic heterocycles. The highest BCUT2D eigenvalue weighted by Crippen LogP contribution is 2.35. The molecule has 6 nitrogen and oxygen atoms in total. The standard InChI is InChI=1S/C15H10F3N5OS/c16-15(17,18)9-2-1-8(5-10(9)19)11-3-4-13(23-22-11)21-14(24)12-6-25-7-20-12/h1-7H,19H2,(H,21,23,24). The van der Waals surface area contributed by atoms with Gasteiger partial charge in [0.15, 0.2) is 5.82 Å².